The zero-order valence-corrected chi connectivity index (χ0v) is 24.9. The van der Waals surface area contributed by atoms with Crippen molar-refractivity contribution < 1.29 is 18.3 Å². The topological polar surface area (TPSA) is 88.3 Å². The largest absolute Gasteiger partial charge is 0.508 e. The molecule has 0 radical (unpaired) electrons. The molecule has 2 aromatic heterocycles. The molecule has 7 nitrogen and oxygen atoms in total. The van der Waals surface area contributed by atoms with E-state index in [-0.39, 0.29) is 63.2 Å². The molecule has 4 atom stereocenters. The van der Waals surface area contributed by atoms with Crippen molar-refractivity contribution in [2.75, 3.05) is 31.1 Å². The SMILES string of the molecule is C#Cc1c(F)ccc2cc(O)cc(-c3ncc4c(N5CC6CCC(C5)N6)c(C#N)c(C#C[C@@]56CCCN5C[C@H](F)C6)nc4c3F)c12. The number of phenolic OH excluding ortho intramolecular Hbond substituents is 1. The van der Waals surface area contributed by atoms with Crippen LogP contribution in [0.25, 0.3) is 32.9 Å². The summed E-state index contributed by atoms with van der Waals surface area (Å²) < 4.78 is 46.3. The lowest BCUT2D eigenvalue weighted by molar-refractivity contribution is 0.255. The van der Waals surface area contributed by atoms with Crippen LogP contribution in [0.5, 0.6) is 5.75 Å². The second-order valence-electron chi connectivity index (χ2n) is 12.8. The van der Waals surface area contributed by atoms with Gasteiger partial charge in [-0.1, -0.05) is 17.9 Å². The smallest absolute Gasteiger partial charge is 0.175 e. The molecule has 4 fully saturated rings. The third-order valence-corrected chi connectivity index (χ3v) is 10.1. The number of rotatable bonds is 2. The zero-order valence-electron chi connectivity index (χ0n) is 24.9. The van der Waals surface area contributed by atoms with E-state index < -0.39 is 23.3 Å². The van der Waals surface area contributed by atoms with Gasteiger partial charge in [0.25, 0.3) is 0 Å². The fraction of sp³-hybridized carbons (Fsp3) is 0.361. The summed E-state index contributed by atoms with van der Waals surface area (Å²) in [6.45, 7) is 2.30. The molecule has 0 amide bonds. The summed E-state index contributed by atoms with van der Waals surface area (Å²) in [6.07, 6.45) is 10.1. The Bertz CT molecular complexity index is 2100. The Morgan fingerprint density at radius 2 is 1.91 bits per heavy atom. The normalized spacial score (nSPS) is 25.3. The predicted molar refractivity (Wildman–Crippen MR) is 169 cm³/mol. The summed E-state index contributed by atoms with van der Waals surface area (Å²) in [6, 6.07) is 8.15. The number of terminal acetylenes is 1. The van der Waals surface area contributed by atoms with Crippen molar-refractivity contribution in [3.8, 4) is 47.3 Å². The van der Waals surface area contributed by atoms with Crippen molar-refractivity contribution in [1.82, 2.24) is 20.2 Å². The maximum Gasteiger partial charge on any atom is 0.175 e. The summed E-state index contributed by atoms with van der Waals surface area (Å²) in [5.74, 6) is 7.11. The van der Waals surface area contributed by atoms with Gasteiger partial charge >= 0.3 is 0 Å². The molecule has 230 valence electrons. The van der Waals surface area contributed by atoms with E-state index in [2.05, 4.69) is 48.9 Å². The molecule has 0 saturated carbocycles. The Balaban J connectivity index is 1.38. The maximum absolute atomic E-state index is 16.9. The first-order chi connectivity index (χ1) is 22.3. The molecule has 6 heterocycles. The van der Waals surface area contributed by atoms with Gasteiger partial charge in [0.15, 0.2) is 5.82 Å². The van der Waals surface area contributed by atoms with Gasteiger partial charge in [-0.3, -0.25) is 9.88 Å². The van der Waals surface area contributed by atoms with Crippen molar-refractivity contribution in [2.45, 2.75) is 55.9 Å². The second-order valence-corrected chi connectivity index (χ2v) is 12.8. The molecule has 10 heteroatoms. The number of hydrogen-bond acceptors (Lipinski definition) is 7. The summed E-state index contributed by atoms with van der Waals surface area (Å²) >= 11 is 0. The van der Waals surface area contributed by atoms with Gasteiger partial charge in [0.05, 0.1) is 16.8 Å². The third-order valence-electron chi connectivity index (χ3n) is 10.1. The van der Waals surface area contributed by atoms with Gasteiger partial charge in [-0.2, -0.15) is 5.26 Å². The van der Waals surface area contributed by atoms with Crippen LogP contribution in [0.2, 0.25) is 0 Å². The van der Waals surface area contributed by atoms with Gasteiger partial charge in [0.1, 0.15) is 46.3 Å². The van der Waals surface area contributed by atoms with Gasteiger partial charge in [0.2, 0.25) is 0 Å². The Morgan fingerprint density at radius 3 is 2.67 bits per heavy atom. The van der Waals surface area contributed by atoms with E-state index in [0.717, 1.165) is 25.8 Å². The van der Waals surface area contributed by atoms with Crippen LogP contribution >= 0.6 is 0 Å². The molecule has 4 aliphatic heterocycles. The highest BCUT2D eigenvalue weighted by Gasteiger charge is 2.47. The number of anilines is 1. The zero-order chi connectivity index (χ0) is 31.7. The molecule has 2 N–H and O–H groups in total. The number of fused-ring (bicyclic) bond motifs is 5. The van der Waals surface area contributed by atoms with E-state index >= 15 is 4.39 Å². The van der Waals surface area contributed by atoms with Gasteiger partial charge in [-0.05, 0) is 61.7 Å². The Labute approximate surface area is 264 Å². The minimum Gasteiger partial charge on any atom is -0.508 e. The monoisotopic (exact) mass is 618 g/mol. The summed E-state index contributed by atoms with van der Waals surface area (Å²) in [5, 5.41) is 25.7. The molecular formula is C36H29F3N6O. The highest BCUT2D eigenvalue weighted by molar-refractivity contribution is 6.04. The van der Waals surface area contributed by atoms with Gasteiger partial charge in [-0.15, -0.1) is 6.42 Å². The number of halogens is 3. The lowest BCUT2D eigenvalue weighted by Gasteiger charge is -2.35. The van der Waals surface area contributed by atoms with Crippen LogP contribution in [0.3, 0.4) is 0 Å². The highest BCUT2D eigenvalue weighted by atomic mass is 19.1. The van der Waals surface area contributed by atoms with Gasteiger partial charge in [-0.25, -0.2) is 18.2 Å². The number of phenols is 1. The fourth-order valence-corrected chi connectivity index (χ4v) is 8.09. The van der Waals surface area contributed by atoms with E-state index in [4.69, 9.17) is 6.42 Å². The molecule has 46 heavy (non-hydrogen) atoms. The molecule has 0 spiro atoms. The van der Waals surface area contributed by atoms with Crippen molar-refractivity contribution in [3.63, 3.8) is 0 Å². The number of nitriles is 1. The summed E-state index contributed by atoms with van der Waals surface area (Å²) in [7, 11) is 0. The number of nitrogens with zero attached hydrogens (tertiary/aromatic N) is 5. The van der Waals surface area contributed by atoms with Gasteiger partial charge in [0, 0.05) is 60.7 Å². The Morgan fingerprint density at radius 1 is 1.11 bits per heavy atom. The van der Waals surface area contributed by atoms with Crippen molar-refractivity contribution >= 4 is 27.4 Å². The van der Waals surface area contributed by atoms with Crippen LogP contribution in [0, 0.1) is 47.2 Å². The number of piperazine rings is 1. The number of hydrogen-bond donors (Lipinski definition) is 2. The van der Waals surface area contributed by atoms with E-state index in [1.807, 2.05) is 0 Å². The predicted octanol–water partition coefficient (Wildman–Crippen LogP) is 5.16. The molecule has 4 aromatic rings. The van der Waals surface area contributed by atoms with Crippen molar-refractivity contribution in [1.29, 1.82) is 5.26 Å². The number of aromatic hydroxyl groups is 1. The summed E-state index contributed by atoms with van der Waals surface area (Å²) in [5.41, 5.74) is 0.0253. The van der Waals surface area contributed by atoms with Crippen molar-refractivity contribution in [3.05, 3.63) is 58.9 Å². The molecule has 2 aromatic carbocycles. The number of nitrogens with one attached hydrogen (secondary N) is 1. The number of benzene rings is 2. The van der Waals surface area contributed by atoms with E-state index in [1.54, 1.807) is 0 Å². The fourth-order valence-electron chi connectivity index (χ4n) is 8.09. The molecule has 4 saturated heterocycles. The van der Waals surface area contributed by atoms with Crippen LogP contribution in [0.4, 0.5) is 18.9 Å². The molecule has 4 aliphatic rings. The minimum absolute atomic E-state index is 0.0556. The first-order valence-electron chi connectivity index (χ1n) is 15.6. The van der Waals surface area contributed by atoms with E-state index in [0.29, 0.717) is 42.5 Å². The molecule has 2 bridgehead atoms. The van der Waals surface area contributed by atoms with Crippen LogP contribution in [-0.2, 0) is 0 Å². The minimum atomic E-state index is -0.984. The van der Waals surface area contributed by atoms with E-state index in [9.17, 15) is 19.1 Å². The standard InChI is InChI=1S/C36H29F3N6O/c1-2-25-29(38)7-4-20-12-24(46)13-26(31(20)25)33-32(39)34-28(16-41-33)35(44-18-22-5-6-23(19-44)42-22)27(15-40)30(43-34)8-10-36-9-3-11-45(36)17-21(37)14-36/h1,4,7,12-13,16,21-23,42,46H,3,5-6,9,11,14,17-19H2/t21-,22?,23?,36-/m1/s1. The molecular weight excluding hydrogens is 589 g/mol. The highest BCUT2D eigenvalue weighted by Crippen LogP contribution is 2.42. The summed E-state index contributed by atoms with van der Waals surface area (Å²) in [4.78, 5) is 13.3. The first kappa shape index (κ1) is 28.6. The van der Waals surface area contributed by atoms with Crippen LogP contribution in [0.1, 0.15) is 48.9 Å². The van der Waals surface area contributed by atoms with Crippen LogP contribution in [-0.4, -0.2) is 69.9 Å². The van der Waals surface area contributed by atoms with Gasteiger partial charge < -0.3 is 15.3 Å². The number of pyridine rings is 2. The van der Waals surface area contributed by atoms with Crippen LogP contribution < -0.4 is 10.2 Å². The van der Waals surface area contributed by atoms with Crippen LogP contribution in [0.15, 0.2) is 30.5 Å². The third kappa shape index (κ3) is 4.38. The Kier molecular flexibility index (Phi) is 6.62. The number of aromatic nitrogens is 2. The maximum atomic E-state index is 16.9. The molecule has 0 aliphatic carbocycles. The Hall–Kier alpha value is -4.82. The number of alkyl halides is 1. The second kappa shape index (κ2) is 10.6. The quantitative estimate of drug-likeness (QED) is 0.301. The first-order valence-corrected chi connectivity index (χ1v) is 15.6. The lowest BCUT2D eigenvalue weighted by atomic mass is 9.93. The van der Waals surface area contributed by atoms with E-state index in [1.165, 1.54) is 30.5 Å². The van der Waals surface area contributed by atoms with Crippen molar-refractivity contribution in [2.24, 2.45) is 0 Å². The molecule has 2 unspecified atom stereocenters. The lowest BCUT2D eigenvalue weighted by Crippen LogP contribution is -2.51. The average molecular weight is 619 g/mol. The molecule has 8 rings (SSSR count). The average Bonchev–Trinajstić information content (AvgIpc) is 3.69.